The van der Waals surface area contributed by atoms with Crippen LogP contribution in [0.15, 0.2) is 23.1 Å². The summed E-state index contributed by atoms with van der Waals surface area (Å²) in [4.78, 5) is 3.01. The van der Waals surface area contributed by atoms with Gasteiger partial charge in [-0.1, -0.05) is 25.6 Å². The van der Waals surface area contributed by atoms with E-state index in [1.54, 1.807) is 18.2 Å². The van der Waals surface area contributed by atoms with E-state index < -0.39 is 11.0 Å². The third-order valence-corrected chi connectivity index (χ3v) is 4.84. The van der Waals surface area contributed by atoms with Crippen LogP contribution < -0.4 is 0 Å². The zero-order chi connectivity index (χ0) is 14.8. The number of benzene rings is 1. The quantitative estimate of drug-likeness (QED) is 0.751. The average molecular weight is 297 g/mol. The molecule has 5 heteroatoms. The number of aromatic hydroxyl groups is 1. The Morgan fingerprint density at radius 2 is 1.90 bits per heavy atom. The van der Waals surface area contributed by atoms with Crippen molar-refractivity contribution in [1.29, 1.82) is 0 Å². The van der Waals surface area contributed by atoms with E-state index in [4.69, 9.17) is 0 Å². The van der Waals surface area contributed by atoms with Crippen molar-refractivity contribution in [3.8, 4) is 5.75 Å². The van der Waals surface area contributed by atoms with Gasteiger partial charge in [-0.05, 0) is 44.1 Å². The topological polar surface area (TPSA) is 63.9 Å². The minimum Gasteiger partial charge on any atom is -0.508 e. The highest BCUT2D eigenvalue weighted by molar-refractivity contribution is 8.00. The maximum atomic E-state index is 10.9. The molecule has 0 bridgehead atoms. The van der Waals surface area contributed by atoms with Gasteiger partial charge < -0.3 is 20.2 Å². The first kappa shape index (κ1) is 15.6. The Balaban J connectivity index is 2.27. The molecule has 4 nitrogen and oxygen atoms in total. The Bertz CT molecular complexity index is 462. The molecule has 0 aliphatic carbocycles. The first-order valence-electron chi connectivity index (χ1n) is 7.14. The Morgan fingerprint density at radius 3 is 2.50 bits per heavy atom. The summed E-state index contributed by atoms with van der Waals surface area (Å²) in [6.45, 7) is 6.38. The maximum Gasteiger partial charge on any atom is 0.139 e. The summed E-state index contributed by atoms with van der Waals surface area (Å²) < 4.78 is 0. The molecule has 0 radical (unpaired) electrons. The van der Waals surface area contributed by atoms with Crippen LogP contribution in [0, 0.1) is 0 Å². The number of aliphatic hydroxyl groups is 2. The number of hydrogen-bond acceptors (Lipinski definition) is 5. The highest BCUT2D eigenvalue weighted by Crippen LogP contribution is 2.48. The molecule has 1 aliphatic rings. The number of nitrogens with zero attached hydrogens (tertiary/aromatic N) is 1. The smallest absolute Gasteiger partial charge is 0.139 e. The predicted molar refractivity (Wildman–Crippen MR) is 80.9 cm³/mol. The standard InChI is InChI=1S/C15H23NO3S/c1-3-7-16(8-4-2)10-15(19)12-9-11(17)5-6-13(12)20-14(15)18/h5-6,9,14,17-19H,3-4,7-8,10H2,1-2H3. The van der Waals surface area contributed by atoms with Gasteiger partial charge in [0.2, 0.25) is 0 Å². The number of fused-ring (bicyclic) bond motifs is 1. The van der Waals surface area contributed by atoms with Crippen molar-refractivity contribution in [2.24, 2.45) is 0 Å². The fourth-order valence-corrected chi connectivity index (χ4v) is 3.86. The molecule has 0 spiro atoms. The second-order valence-corrected chi connectivity index (χ2v) is 6.47. The molecule has 0 aromatic heterocycles. The Kier molecular flexibility index (Phi) is 4.96. The van der Waals surface area contributed by atoms with Crippen molar-refractivity contribution in [2.75, 3.05) is 19.6 Å². The van der Waals surface area contributed by atoms with Gasteiger partial charge in [-0.2, -0.15) is 0 Å². The van der Waals surface area contributed by atoms with Gasteiger partial charge in [0.25, 0.3) is 0 Å². The molecule has 0 saturated heterocycles. The number of phenolic OH excluding ortho intramolecular Hbond substituents is 1. The molecule has 0 saturated carbocycles. The number of phenols is 1. The molecule has 3 N–H and O–H groups in total. The summed E-state index contributed by atoms with van der Waals surface area (Å²) in [6.07, 6.45) is 2.01. The molecule has 1 aromatic carbocycles. The van der Waals surface area contributed by atoms with Gasteiger partial charge in [0.05, 0.1) is 0 Å². The summed E-state index contributed by atoms with van der Waals surface area (Å²) in [5, 5.41) is 30.8. The summed E-state index contributed by atoms with van der Waals surface area (Å²) >= 11 is 1.25. The number of thioether (sulfide) groups is 1. The van der Waals surface area contributed by atoms with Crippen LogP contribution in [0.1, 0.15) is 32.3 Å². The molecule has 2 unspecified atom stereocenters. The van der Waals surface area contributed by atoms with Gasteiger partial charge >= 0.3 is 0 Å². The fraction of sp³-hybridized carbons (Fsp3) is 0.600. The molecule has 2 atom stereocenters. The third kappa shape index (κ3) is 2.96. The second kappa shape index (κ2) is 6.35. The predicted octanol–water partition coefficient (Wildman–Crippen LogP) is 2.13. The second-order valence-electron chi connectivity index (χ2n) is 5.35. The number of hydrogen-bond donors (Lipinski definition) is 3. The van der Waals surface area contributed by atoms with Crippen molar-refractivity contribution < 1.29 is 15.3 Å². The Hall–Kier alpha value is -0.750. The van der Waals surface area contributed by atoms with Crippen LogP contribution in [-0.4, -0.2) is 45.3 Å². The lowest BCUT2D eigenvalue weighted by molar-refractivity contribution is -0.0583. The summed E-state index contributed by atoms with van der Waals surface area (Å²) in [6, 6.07) is 4.90. The van der Waals surface area contributed by atoms with E-state index in [0.717, 1.165) is 30.8 Å². The summed E-state index contributed by atoms with van der Waals surface area (Å²) in [5.74, 6) is 0.120. The van der Waals surface area contributed by atoms with Gasteiger partial charge in [0, 0.05) is 17.0 Å². The maximum absolute atomic E-state index is 10.9. The Morgan fingerprint density at radius 1 is 1.25 bits per heavy atom. The van der Waals surface area contributed by atoms with Crippen molar-refractivity contribution in [3.05, 3.63) is 23.8 Å². The zero-order valence-corrected chi connectivity index (χ0v) is 12.9. The molecule has 0 amide bonds. The van der Waals surface area contributed by atoms with E-state index in [2.05, 4.69) is 18.7 Å². The van der Waals surface area contributed by atoms with Gasteiger partial charge in [0.1, 0.15) is 16.8 Å². The van der Waals surface area contributed by atoms with Crippen LogP contribution in [0.25, 0.3) is 0 Å². The van der Waals surface area contributed by atoms with Gasteiger partial charge in [-0.25, -0.2) is 0 Å². The van der Waals surface area contributed by atoms with Crippen LogP contribution in [0.4, 0.5) is 0 Å². The first-order valence-corrected chi connectivity index (χ1v) is 8.02. The van der Waals surface area contributed by atoms with Gasteiger partial charge in [0.15, 0.2) is 0 Å². The van der Waals surface area contributed by atoms with E-state index in [0.29, 0.717) is 12.1 Å². The largest absolute Gasteiger partial charge is 0.508 e. The van der Waals surface area contributed by atoms with Crippen LogP contribution in [0.3, 0.4) is 0 Å². The number of rotatable bonds is 6. The third-order valence-electron chi connectivity index (χ3n) is 3.62. The zero-order valence-electron chi connectivity index (χ0n) is 12.0. The molecule has 0 fully saturated rings. The van der Waals surface area contributed by atoms with Crippen molar-refractivity contribution >= 4 is 11.8 Å². The van der Waals surface area contributed by atoms with E-state index >= 15 is 0 Å². The Labute approximate surface area is 124 Å². The lowest BCUT2D eigenvalue weighted by Crippen LogP contribution is -2.46. The molecule has 1 aromatic rings. The van der Waals surface area contributed by atoms with Crippen LogP contribution >= 0.6 is 11.8 Å². The van der Waals surface area contributed by atoms with Gasteiger partial charge in [-0.15, -0.1) is 0 Å². The minimum atomic E-state index is -1.32. The van der Waals surface area contributed by atoms with Crippen LogP contribution in [-0.2, 0) is 5.60 Å². The highest BCUT2D eigenvalue weighted by atomic mass is 32.2. The highest BCUT2D eigenvalue weighted by Gasteiger charge is 2.46. The monoisotopic (exact) mass is 297 g/mol. The van der Waals surface area contributed by atoms with Crippen LogP contribution in [0.5, 0.6) is 5.75 Å². The lowest BCUT2D eigenvalue weighted by atomic mass is 9.93. The van der Waals surface area contributed by atoms with Crippen molar-refractivity contribution in [2.45, 2.75) is 42.6 Å². The average Bonchev–Trinajstić information content (AvgIpc) is 2.63. The van der Waals surface area contributed by atoms with Crippen LogP contribution in [0.2, 0.25) is 0 Å². The van der Waals surface area contributed by atoms with E-state index in [1.807, 2.05) is 0 Å². The molecule has 20 heavy (non-hydrogen) atoms. The molecule has 112 valence electrons. The van der Waals surface area contributed by atoms with E-state index in [-0.39, 0.29) is 5.75 Å². The minimum absolute atomic E-state index is 0.120. The van der Waals surface area contributed by atoms with E-state index in [1.165, 1.54) is 11.8 Å². The summed E-state index contributed by atoms with van der Waals surface area (Å²) in [5.41, 5.74) is -1.58. The lowest BCUT2D eigenvalue weighted by Gasteiger charge is -2.33. The molecule has 1 heterocycles. The molecular weight excluding hydrogens is 274 g/mol. The SMILES string of the molecule is CCCN(CCC)CC1(O)c2cc(O)ccc2SC1O. The van der Waals surface area contributed by atoms with Gasteiger partial charge in [-0.3, -0.25) is 0 Å². The summed E-state index contributed by atoms with van der Waals surface area (Å²) in [7, 11) is 0. The fourth-order valence-electron chi connectivity index (χ4n) is 2.72. The normalized spacial score (nSPS) is 25.1. The molecule has 2 rings (SSSR count). The van der Waals surface area contributed by atoms with Crippen molar-refractivity contribution in [1.82, 2.24) is 4.90 Å². The number of aliphatic hydroxyl groups excluding tert-OH is 1. The first-order chi connectivity index (χ1) is 9.51. The van der Waals surface area contributed by atoms with E-state index in [9.17, 15) is 15.3 Å². The van der Waals surface area contributed by atoms with Crippen molar-refractivity contribution in [3.63, 3.8) is 0 Å². The molecule has 1 aliphatic heterocycles. The molecular formula is C15H23NO3S.